The van der Waals surface area contributed by atoms with Crippen LogP contribution in [-0.2, 0) is 4.79 Å². The van der Waals surface area contributed by atoms with Gasteiger partial charge in [-0.25, -0.2) is 0 Å². The molecule has 2 N–H and O–H groups in total. The number of carbonyl (C=O) groups is 2. The number of nitrogens with one attached hydrogen (secondary N) is 2. The first-order valence-electron chi connectivity index (χ1n) is 8.94. The second-order valence-corrected chi connectivity index (χ2v) is 7.27. The Morgan fingerprint density at radius 3 is 2.75 bits per heavy atom. The third kappa shape index (κ3) is 3.78. The predicted octanol–water partition coefficient (Wildman–Crippen LogP) is 1.80. The normalized spacial score (nSPS) is 27.5. The van der Waals surface area contributed by atoms with Gasteiger partial charge in [0, 0.05) is 31.2 Å². The van der Waals surface area contributed by atoms with Crippen LogP contribution in [0.15, 0.2) is 30.3 Å². The van der Waals surface area contributed by atoms with Crippen LogP contribution in [0, 0.1) is 5.41 Å². The minimum atomic E-state index is -0.500. The van der Waals surface area contributed by atoms with E-state index in [0.29, 0.717) is 12.1 Å². The monoisotopic (exact) mass is 329 g/mol. The first-order valence-corrected chi connectivity index (χ1v) is 8.94. The molecule has 3 rings (SSSR count). The Kier molecular flexibility index (Phi) is 5.19. The summed E-state index contributed by atoms with van der Waals surface area (Å²) in [4.78, 5) is 27.3. The molecule has 2 atom stereocenters. The highest BCUT2D eigenvalue weighted by Gasteiger charge is 2.40. The molecule has 5 heteroatoms. The van der Waals surface area contributed by atoms with Crippen molar-refractivity contribution in [3.05, 3.63) is 35.9 Å². The highest BCUT2D eigenvalue weighted by atomic mass is 16.2. The third-order valence-electron chi connectivity index (χ3n) is 5.18. The van der Waals surface area contributed by atoms with E-state index in [0.717, 1.165) is 45.3 Å². The molecule has 2 amide bonds. The molecule has 2 saturated heterocycles. The number of carbonyl (C=O) groups excluding carboxylic acids is 2. The largest absolute Gasteiger partial charge is 0.352 e. The summed E-state index contributed by atoms with van der Waals surface area (Å²) in [6.45, 7) is 5.08. The van der Waals surface area contributed by atoms with Gasteiger partial charge in [0.1, 0.15) is 0 Å². The van der Waals surface area contributed by atoms with Gasteiger partial charge in [0.05, 0.1) is 5.41 Å². The van der Waals surface area contributed by atoms with Crippen molar-refractivity contribution in [2.45, 2.75) is 38.6 Å². The fraction of sp³-hybridized carbons (Fsp3) is 0.579. The van der Waals surface area contributed by atoms with E-state index in [-0.39, 0.29) is 17.9 Å². The van der Waals surface area contributed by atoms with Gasteiger partial charge < -0.3 is 15.5 Å². The summed E-state index contributed by atoms with van der Waals surface area (Å²) in [7, 11) is 0. The zero-order valence-corrected chi connectivity index (χ0v) is 14.4. The number of nitrogens with zero attached hydrogens (tertiary/aromatic N) is 1. The van der Waals surface area contributed by atoms with Gasteiger partial charge in [0.2, 0.25) is 5.91 Å². The lowest BCUT2D eigenvalue weighted by atomic mass is 9.80. The second kappa shape index (κ2) is 7.34. The number of piperidine rings is 2. The van der Waals surface area contributed by atoms with Gasteiger partial charge in [-0.05, 0) is 51.3 Å². The van der Waals surface area contributed by atoms with Gasteiger partial charge >= 0.3 is 0 Å². The lowest BCUT2D eigenvalue weighted by molar-refractivity contribution is -0.133. The van der Waals surface area contributed by atoms with E-state index in [2.05, 4.69) is 10.6 Å². The standard InChI is InChI=1S/C19H27N3O2/c1-19(18(24)21-16-9-5-11-20-13-16)10-6-12-22(14-19)17(23)15-7-3-2-4-8-15/h2-4,7-8,16,20H,5-6,9-14H2,1H3,(H,21,24). The van der Waals surface area contributed by atoms with Crippen molar-refractivity contribution in [3.63, 3.8) is 0 Å². The van der Waals surface area contributed by atoms with E-state index in [9.17, 15) is 9.59 Å². The summed E-state index contributed by atoms with van der Waals surface area (Å²) in [6.07, 6.45) is 3.82. The van der Waals surface area contributed by atoms with Crippen LogP contribution >= 0.6 is 0 Å². The van der Waals surface area contributed by atoms with Crippen molar-refractivity contribution in [1.29, 1.82) is 0 Å². The number of hydrogen-bond acceptors (Lipinski definition) is 3. The Bertz CT molecular complexity index is 584. The molecule has 24 heavy (non-hydrogen) atoms. The molecule has 0 aliphatic carbocycles. The molecule has 0 saturated carbocycles. The van der Waals surface area contributed by atoms with Crippen molar-refractivity contribution in [1.82, 2.24) is 15.5 Å². The van der Waals surface area contributed by atoms with Crippen molar-refractivity contribution in [2.24, 2.45) is 5.41 Å². The smallest absolute Gasteiger partial charge is 0.253 e. The fourth-order valence-electron chi connectivity index (χ4n) is 3.70. The molecule has 2 aliphatic heterocycles. The Balaban J connectivity index is 1.64. The van der Waals surface area contributed by atoms with E-state index < -0.39 is 5.41 Å². The van der Waals surface area contributed by atoms with Crippen LogP contribution in [-0.4, -0.2) is 48.9 Å². The van der Waals surface area contributed by atoms with E-state index in [4.69, 9.17) is 0 Å². The van der Waals surface area contributed by atoms with E-state index in [1.807, 2.05) is 42.2 Å². The van der Waals surface area contributed by atoms with Gasteiger partial charge in [-0.2, -0.15) is 0 Å². The molecule has 0 aromatic heterocycles. The van der Waals surface area contributed by atoms with E-state index >= 15 is 0 Å². The van der Waals surface area contributed by atoms with Gasteiger partial charge in [-0.3, -0.25) is 9.59 Å². The van der Waals surface area contributed by atoms with Gasteiger partial charge in [0.25, 0.3) is 5.91 Å². The molecule has 1 aromatic rings. The molecule has 0 bridgehead atoms. The topological polar surface area (TPSA) is 61.4 Å². The molecule has 5 nitrogen and oxygen atoms in total. The fourth-order valence-corrected chi connectivity index (χ4v) is 3.70. The zero-order valence-electron chi connectivity index (χ0n) is 14.4. The highest BCUT2D eigenvalue weighted by molar-refractivity contribution is 5.95. The van der Waals surface area contributed by atoms with Crippen LogP contribution in [0.1, 0.15) is 43.0 Å². The van der Waals surface area contributed by atoms with Crippen molar-refractivity contribution < 1.29 is 9.59 Å². The average molecular weight is 329 g/mol. The Labute approximate surface area is 143 Å². The van der Waals surface area contributed by atoms with Crippen LogP contribution in [0.4, 0.5) is 0 Å². The van der Waals surface area contributed by atoms with Crippen LogP contribution in [0.3, 0.4) is 0 Å². The summed E-state index contributed by atoms with van der Waals surface area (Å²) < 4.78 is 0. The Morgan fingerprint density at radius 2 is 2.04 bits per heavy atom. The van der Waals surface area contributed by atoms with Gasteiger partial charge in [0.15, 0.2) is 0 Å². The van der Waals surface area contributed by atoms with Gasteiger partial charge in [-0.1, -0.05) is 18.2 Å². The molecular formula is C19H27N3O2. The minimum Gasteiger partial charge on any atom is -0.352 e. The van der Waals surface area contributed by atoms with Crippen LogP contribution in [0.25, 0.3) is 0 Å². The number of hydrogen-bond donors (Lipinski definition) is 2. The molecule has 1 aromatic carbocycles. The SMILES string of the molecule is CC1(C(=O)NC2CCCNC2)CCCN(C(=O)c2ccccc2)C1. The zero-order chi connectivity index (χ0) is 17.0. The maximum atomic E-state index is 12.8. The van der Waals surface area contributed by atoms with Crippen LogP contribution < -0.4 is 10.6 Å². The molecule has 0 spiro atoms. The summed E-state index contributed by atoms with van der Waals surface area (Å²) in [5.41, 5.74) is 0.193. The molecule has 2 unspecified atom stereocenters. The molecule has 0 radical (unpaired) electrons. The van der Waals surface area contributed by atoms with Crippen molar-refractivity contribution >= 4 is 11.8 Å². The predicted molar refractivity (Wildman–Crippen MR) is 93.7 cm³/mol. The quantitative estimate of drug-likeness (QED) is 0.889. The Hall–Kier alpha value is -1.88. The summed E-state index contributed by atoms with van der Waals surface area (Å²) >= 11 is 0. The van der Waals surface area contributed by atoms with Gasteiger partial charge in [-0.15, -0.1) is 0 Å². The first kappa shape index (κ1) is 17.0. The highest BCUT2D eigenvalue weighted by Crippen LogP contribution is 2.31. The van der Waals surface area contributed by atoms with E-state index in [1.54, 1.807) is 0 Å². The molecule has 2 aliphatic rings. The number of benzene rings is 1. The van der Waals surface area contributed by atoms with Crippen molar-refractivity contribution in [2.75, 3.05) is 26.2 Å². The summed E-state index contributed by atoms with van der Waals surface area (Å²) in [5, 5.41) is 6.51. The maximum Gasteiger partial charge on any atom is 0.253 e. The first-order chi connectivity index (χ1) is 11.6. The lowest BCUT2D eigenvalue weighted by Crippen LogP contribution is -2.55. The average Bonchev–Trinajstić information content (AvgIpc) is 2.63. The number of likely N-dealkylation sites (tertiary alicyclic amines) is 1. The molecular weight excluding hydrogens is 302 g/mol. The minimum absolute atomic E-state index is 0.0219. The molecule has 130 valence electrons. The second-order valence-electron chi connectivity index (χ2n) is 7.27. The van der Waals surface area contributed by atoms with Crippen LogP contribution in [0.5, 0.6) is 0 Å². The molecule has 2 fully saturated rings. The Morgan fingerprint density at radius 1 is 1.25 bits per heavy atom. The maximum absolute atomic E-state index is 12.8. The molecule has 2 heterocycles. The third-order valence-corrected chi connectivity index (χ3v) is 5.18. The summed E-state index contributed by atoms with van der Waals surface area (Å²) in [5.74, 6) is 0.107. The van der Waals surface area contributed by atoms with E-state index in [1.165, 1.54) is 0 Å². The number of amides is 2. The lowest BCUT2D eigenvalue weighted by Gasteiger charge is -2.40. The number of rotatable bonds is 3. The summed E-state index contributed by atoms with van der Waals surface area (Å²) in [6, 6.07) is 9.54. The van der Waals surface area contributed by atoms with Crippen LogP contribution in [0.2, 0.25) is 0 Å². The van der Waals surface area contributed by atoms with Crippen molar-refractivity contribution in [3.8, 4) is 0 Å².